The molecule has 1 aliphatic carbocycles. The molecule has 1 fully saturated rings. The fourth-order valence-corrected chi connectivity index (χ4v) is 2.86. The molecule has 3 aromatic heterocycles. The van der Waals surface area contributed by atoms with Crippen molar-refractivity contribution < 1.29 is 4.39 Å². The molecule has 29 heavy (non-hydrogen) atoms. The van der Waals surface area contributed by atoms with Gasteiger partial charge in [-0.3, -0.25) is 9.78 Å². The molecule has 0 aliphatic heterocycles. The molecule has 1 aliphatic rings. The topological polar surface area (TPSA) is 120 Å². The van der Waals surface area contributed by atoms with Crippen LogP contribution in [0.3, 0.4) is 0 Å². The van der Waals surface area contributed by atoms with Crippen molar-refractivity contribution in [1.82, 2.24) is 24.6 Å². The summed E-state index contributed by atoms with van der Waals surface area (Å²) in [6.07, 6.45) is 6.99. The van der Waals surface area contributed by atoms with E-state index in [-0.39, 0.29) is 5.56 Å². The molecule has 0 spiro atoms. The van der Waals surface area contributed by atoms with Gasteiger partial charge in [-0.1, -0.05) is 6.07 Å². The van der Waals surface area contributed by atoms with Crippen molar-refractivity contribution in [3.63, 3.8) is 0 Å². The van der Waals surface area contributed by atoms with Crippen molar-refractivity contribution >= 4 is 5.65 Å². The van der Waals surface area contributed by atoms with Gasteiger partial charge >= 0.3 is 5.69 Å². The van der Waals surface area contributed by atoms with Gasteiger partial charge in [-0.15, -0.1) is 0 Å². The van der Waals surface area contributed by atoms with Gasteiger partial charge in [-0.05, 0) is 48.6 Å². The zero-order valence-electron chi connectivity index (χ0n) is 15.1. The van der Waals surface area contributed by atoms with Crippen molar-refractivity contribution in [3.8, 4) is 17.3 Å². The molecule has 3 heterocycles. The number of hydrogen-bond acceptors (Lipinski definition) is 5. The van der Waals surface area contributed by atoms with Gasteiger partial charge in [0, 0.05) is 18.6 Å². The highest BCUT2D eigenvalue weighted by Gasteiger charge is 2.24. The highest BCUT2D eigenvalue weighted by atomic mass is 19.1. The molecular formula is C20H15FN6O2. The number of fused-ring (bicyclic) bond motifs is 1. The summed E-state index contributed by atoms with van der Waals surface area (Å²) in [6, 6.07) is 10.1. The molecule has 0 radical (unpaired) electrons. The van der Waals surface area contributed by atoms with E-state index in [1.54, 1.807) is 41.2 Å². The summed E-state index contributed by atoms with van der Waals surface area (Å²) in [4.78, 5) is 31.1. The number of H-pyrrole nitrogens is 2. The van der Waals surface area contributed by atoms with Gasteiger partial charge in [0.2, 0.25) is 0 Å². The van der Waals surface area contributed by atoms with Gasteiger partial charge in [-0.2, -0.15) is 10.4 Å². The quantitative estimate of drug-likeness (QED) is 0.544. The van der Waals surface area contributed by atoms with Gasteiger partial charge < -0.3 is 4.98 Å². The number of nitrogens with one attached hydrogen (secondary N) is 2. The lowest BCUT2D eigenvalue weighted by Gasteiger charge is -1.99. The maximum atomic E-state index is 12.8. The van der Waals surface area contributed by atoms with Gasteiger partial charge in [0.05, 0.1) is 16.8 Å². The second-order valence-corrected chi connectivity index (χ2v) is 6.56. The fourth-order valence-electron chi connectivity index (χ4n) is 2.86. The first-order chi connectivity index (χ1) is 14.0. The van der Waals surface area contributed by atoms with Crippen molar-refractivity contribution in [2.24, 2.45) is 0 Å². The van der Waals surface area contributed by atoms with E-state index in [4.69, 9.17) is 5.26 Å². The molecule has 0 atom stereocenters. The molecule has 5 rings (SSSR count). The van der Waals surface area contributed by atoms with E-state index in [1.807, 2.05) is 6.07 Å². The van der Waals surface area contributed by atoms with Crippen LogP contribution in [0, 0.1) is 17.1 Å². The molecular weight excluding hydrogens is 375 g/mol. The summed E-state index contributed by atoms with van der Waals surface area (Å²) in [7, 11) is 0. The zero-order chi connectivity index (χ0) is 20.4. The number of hydrogen-bond donors (Lipinski definition) is 2. The lowest BCUT2D eigenvalue weighted by Crippen LogP contribution is -2.22. The maximum absolute atomic E-state index is 12.8. The predicted octanol–water partition coefficient (Wildman–Crippen LogP) is 2.35. The van der Waals surface area contributed by atoms with Gasteiger partial charge in [0.15, 0.2) is 5.65 Å². The first kappa shape index (κ1) is 18.3. The van der Waals surface area contributed by atoms with Crippen LogP contribution in [0.2, 0.25) is 0 Å². The number of aromatic nitrogens is 5. The van der Waals surface area contributed by atoms with Gasteiger partial charge in [0.25, 0.3) is 5.56 Å². The van der Waals surface area contributed by atoms with E-state index in [2.05, 4.69) is 20.1 Å². The summed E-state index contributed by atoms with van der Waals surface area (Å²) in [6.45, 7) is 0. The molecule has 144 valence electrons. The highest BCUT2D eigenvalue weighted by Crippen LogP contribution is 2.40. The number of benzene rings is 1. The Hall–Kier alpha value is -4.06. The van der Waals surface area contributed by atoms with Crippen LogP contribution in [-0.2, 0) is 0 Å². The highest BCUT2D eigenvalue weighted by molar-refractivity contribution is 5.57. The Morgan fingerprint density at radius 2 is 2.03 bits per heavy atom. The van der Waals surface area contributed by atoms with E-state index in [9.17, 15) is 14.0 Å². The molecule has 1 saturated carbocycles. The zero-order valence-corrected chi connectivity index (χ0v) is 15.1. The van der Waals surface area contributed by atoms with Crippen LogP contribution in [0.25, 0.3) is 16.9 Å². The average molecular weight is 390 g/mol. The third kappa shape index (κ3) is 3.96. The number of aromatic amines is 2. The molecule has 0 bridgehead atoms. The van der Waals surface area contributed by atoms with Gasteiger partial charge in [-0.25, -0.2) is 18.7 Å². The summed E-state index contributed by atoms with van der Waals surface area (Å²) < 4.78 is 14.4. The molecule has 9 heteroatoms. The first-order valence-electron chi connectivity index (χ1n) is 8.87. The second-order valence-electron chi connectivity index (χ2n) is 6.56. The molecule has 2 N–H and O–H groups in total. The molecule has 0 amide bonds. The van der Waals surface area contributed by atoms with Crippen LogP contribution in [0.15, 0.2) is 58.5 Å². The second kappa shape index (κ2) is 7.52. The van der Waals surface area contributed by atoms with Crippen LogP contribution < -0.4 is 11.2 Å². The number of nitrogens with zero attached hydrogens (tertiary/aromatic N) is 4. The Labute approximate surface area is 163 Å². The molecule has 1 aromatic carbocycles. The Kier molecular flexibility index (Phi) is 4.75. The van der Waals surface area contributed by atoms with Crippen LogP contribution >= 0.6 is 0 Å². The first-order valence-corrected chi connectivity index (χ1v) is 8.87. The van der Waals surface area contributed by atoms with Crippen molar-refractivity contribution in [1.29, 1.82) is 5.26 Å². The number of nitriles is 1. The lowest BCUT2D eigenvalue weighted by atomic mass is 10.1. The molecule has 0 saturated heterocycles. The minimum absolute atomic E-state index is 0.166. The van der Waals surface area contributed by atoms with Crippen molar-refractivity contribution in [2.45, 2.75) is 18.8 Å². The summed E-state index contributed by atoms with van der Waals surface area (Å²) in [5, 5.41) is 12.8. The van der Waals surface area contributed by atoms with Crippen LogP contribution in [0.4, 0.5) is 4.39 Å². The van der Waals surface area contributed by atoms with Crippen molar-refractivity contribution in [3.05, 3.63) is 86.7 Å². The van der Waals surface area contributed by atoms with E-state index in [0.717, 1.165) is 5.56 Å². The van der Waals surface area contributed by atoms with Crippen LogP contribution in [-0.4, -0.2) is 24.6 Å². The largest absolute Gasteiger partial charge is 0.325 e. The van der Waals surface area contributed by atoms with Crippen molar-refractivity contribution in [2.75, 3.05) is 0 Å². The third-order valence-corrected chi connectivity index (χ3v) is 4.51. The smallest absolute Gasteiger partial charge is 0.313 e. The fraction of sp³-hybridized carbons (Fsp3) is 0.150. The average Bonchev–Trinajstić information content (AvgIpc) is 3.46. The molecule has 8 nitrogen and oxygen atoms in total. The molecule has 0 unspecified atom stereocenters. The maximum Gasteiger partial charge on any atom is 0.325 e. The third-order valence-electron chi connectivity index (χ3n) is 4.51. The summed E-state index contributed by atoms with van der Waals surface area (Å²) >= 11 is 0. The SMILES string of the molecule is N#Cc1cc(C2CC2)ccc1F.O=c1[nH]cc(-c2ccc3nccn3n2)c(=O)[nH]1. The normalized spacial score (nSPS) is 12.8. The van der Waals surface area contributed by atoms with E-state index in [1.165, 1.54) is 25.1 Å². The Morgan fingerprint density at radius 1 is 1.21 bits per heavy atom. The Morgan fingerprint density at radius 3 is 2.76 bits per heavy atom. The van der Waals surface area contributed by atoms with Crippen LogP contribution in [0.5, 0.6) is 0 Å². The number of rotatable bonds is 2. The van der Waals surface area contributed by atoms with E-state index >= 15 is 0 Å². The Bertz CT molecular complexity index is 1340. The number of halogens is 1. The summed E-state index contributed by atoms with van der Waals surface area (Å²) in [5.41, 5.74) is 1.72. The van der Waals surface area contributed by atoms with E-state index < -0.39 is 17.1 Å². The lowest BCUT2D eigenvalue weighted by molar-refractivity contribution is 0.623. The predicted molar refractivity (Wildman–Crippen MR) is 103 cm³/mol. The minimum atomic E-state index is -0.539. The standard InChI is InChI=1S/C10H8FN.C10H7N5O2/c11-10-4-3-8(7-1-2-7)5-9(10)6-12;16-9-6(5-12-10(17)13-9)7-1-2-8-11-3-4-15(8)14-7/h3-5,7H,1-2H2;1-5H,(H2,12,13,16,17). The summed E-state index contributed by atoms with van der Waals surface area (Å²) in [5.74, 6) is 0.166. The molecule has 4 aromatic rings. The number of imidazole rings is 1. The van der Waals surface area contributed by atoms with Crippen LogP contribution in [0.1, 0.15) is 29.9 Å². The monoisotopic (exact) mass is 390 g/mol. The van der Waals surface area contributed by atoms with E-state index in [0.29, 0.717) is 22.8 Å². The Balaban J connectivity index is 0.000000150. The minimum Gasteiger partial charge on any atom is -0.313 e. The van der Waals surface area contributed by atoms with Gasteiger partial charge in [0.1, 0.15) is 11.9 Å².